The highest BCUT2D eigenvalue weighted by Crippen LogP contribution is 2.38. The summed E-state index contributed by atoms with van der Waals surface area (Å²) < 4.78 is 70.2. The van der Waals surface area contributed by atoms with Crippen LogP contribution in [-0.2, 0) is 0 Å². The predicted molar refractivity (Wildman–Crippen MR) is 196 cm³/mol. The Balaban J connectivity index is 1.21. The second-order valence-electron chi connectivity index (χ2n) is 11.2. The van der Waals surface area contributed by atoms with Crippen molar-refractivity contribution in [2.45, 2.75) is 0 Å². The Labute approximate surface area is 284 Å². The first kappa shape index (κ1) is 19.9. The molecule has 9 rings (SSSR count). The maximum atomic E-state index is 8.84. The lowest BCUT2D eigenvalue weighted by Gasteiger charge is -2.14. The van der Waals surface area contributed by atoms with Gasteiger partial charge in [-0.15, -0.1) is 0 Å². The zero-order chi connectivity index (χ0) is 38.1. The van der Waals surface area contributed by atoms with Crippen molar-refractivity contribution < 1.29 is 11.0 Å². The summed E-state index contributed by atoms with van der Waals surface area (Å²) >= 11 is 0. The third-order valence-corrected chi connectivity index (χ3v) is 8.50. The van der Waals surface area contributed by atoms with Gasteiger partial charge in [0.2, 0.25) is 0 Å². The van der Waals surface area contributed by atoms with Crippen LogP contribution in [0.3, 0.4) is 0 Å². The highest BCUT2D eigenvalue weighted by atomic mass is 15.0. The third kappa shape index (κ3) is 4.68. The van der Waals surface area contributed by atoms with Crippen LogP contribution in [0.15, 0.2) is 176 Å². The van der Waals surface area contributed by atoms with Gasteiger partial charge in [-0.2, -0.15) is 0 Å². The molecule has 0 spiro atoms. The SMILES string of the molecule is [2H]c1c([2H])c([2H])c2c(c1[2H])c1c([2H])c([2H])c([2H])c([2H])c1n2-c1ccc(-c2ccc(-c3cc(-c4ccccc4)nc(-c4ccccc4)n3)c3ccccc23)cc1. The van der Waals surface area contributed by atoms with Crippen LogP contribution in [-0.4, -0.2) is 14.5 Å². The lowest BCUT2D eigenvalue weighted by Crippen LogP contribution is -1.97. The summed E-state index contributed by atoms with van der Waals surface area (Å²) in [6.45, 7) is 0. The Hall–Kier alpha value is -6.32. The molecular formula is C44H29N3. The van der Waals surface area contributed by atoms with Crippen LogP contribution in [0.25, 0.3) is 83.3 Å². The van der Waals surface area contributed by atoms with E-state index < -0.39 is 24.2 Å². The average molecular weight is 608 g/mol. The highest BCUT2D eigenvalue weighted by molar-refractivity contribution is 6.09. The van der Waals surface area contributed by atoms with E-state index in [9.17, 15) is 0 Å². The molecule has 0 atom stereocenters. The molecule has 0 saturated carbocycles. The van der Waals surface area contributed by atoms with Crippen LogP contribution < -0.4 is 0 Å². The predicted octanol–water partition coefficient (Wildman–Crippen LogP) is 11.4. The quantitative estimate of drug-likeness (QED) is 0.195. The van der Waals surface area contributed by atoms with Crippen molar-refractivity contribution in [2.24, 2.45) is 0 Å². The fourth-order valence-electron chi connectivity index (χ4n) is 6.30. The molecule has 2 heterocycles. The van der Waals surface area contributed by atoms with E-state index in [1.807, 2.05) is 103 Å². The summed E-state index contributed by atoms with van der Waals surface area (Å²) in [4.78, 5) is 10.0. The van der Waals surface area contributed by atoms with E-state index in [0.29, 0.717) is 11.5 Å². The summed E-state index contributed by atoms with van der Waals surface area (Å²) in [6, 6.07) is 38.5. The maximum absolute atomic E-state index is 8.84. The Morgan fingerprint density at radius 3 is 1.62 bits per heavy atom. The van der Waals surface area contributed by atoms with Gasteiger partial charge >= 0.3 is 0 Å². The van der Waals surface area contributed by atoms with Crippen molar-refractivity contribution in [1.29, 1.82) is 0 Å². The molecular weight excluding hydrogens is 571 g/mol. The number of rotatable bonds is 5. The fourth-order valence-corrected chi connectivity index (χ4v) is 6.30. The molecule has 9 aromatic rings. The Morgan fingerprint density at radius 1 is 0.426 bits per heavy atom. The van der Waals surface area contributed by atoms with E-state index in [-0.39, 0.29) is 46.0 Å². The number of nitrogens with zero attached hydrogens (tertiary/aromatic N) is 3. The topological polar surface area (TPSA) is 30.7 Å². The van der Waals surface area contributed by atoms with Crippen LogP contribution in [0.5, 0.6) is 0 Å². The molecule has 0 bridgehead atoms. The summed E-state index contributed by atoms with van der Waals surface area (Å²) in [7, 11) is 0. The molecule has 2 aromatic heterocycles. The maximum Gasteiger partial charge on any atom is 0.160 e. The van der Waals surface area contributed by atoms with Crippen molar-refractivity contribution in [1.82, 2.24) is 14.5 Å². The number of aromatic nitrogens is 3. The minimum absolute atomic E-state index is 0.0502. The average Bonchev–Trinajstić information content (AvgIpc) is 3.60. The number of hydrogen-bond donors (Lipinski definition) is 0. The molecule has 3 heteroatoms. The van der Waals surface area contributed by atoms with Crippen LogP contribution in [0.1, 0.15) is 11.0 Å². The van der Waals surface area contributed by atoms with Crippen molar-refractivity contribution >= 4 is 32.6 Å². The summed E-state index contributed by atoms with van der Waals surface area (Å²) in [5, 5.41) is 2.09. The van der Waals surface area contributed by atoms with Gasteiger partial charge in [0.25, 0.3) is 0 Å². The van der Waals surface area contributed by atoms with E-state index in [1.165, 1.54) is 4.57 Å². The van der Waals surface area contributed by atoms with E-state index in [0.717, 1.165) is 50.0 Å². The second-order valence-corrected chi connectivity index (χ2v) is 11.2. The van der Waals surface area contributed by atoms with E-state index in [4.69, 9.17) is 20.9 Å². The largest absolute Gasteiger partial charge is 0.309 e. The normalized spacial score (nSPS) is 13.8. The molecule has 0 saturated heterocycles. The van der Waals surface area contributed by atoms with Gasteiger partial charge in [0.15, 0.2) is 5.82 Å². The first-order chi connectivity index (χ1) is 26.6. The van der Waals surface area contributed by atoms with Gasteiger partial charge in [-0.25, -0.2) is 9.97 Å². The lowest BCUT2D eigenvalue weighted by atomic mass is 9.93. The van der Waals surface area contributed by atoms with Gasteiger partial charge in [-0.1, -0.05) is 145 Å². The molecule has 0 N–H and O–H groups in total. The number of benzene rings is 7. The molecule has 0 fully saturated rings. The molecule has 0 amide bonds. The van der Waals surface area contributed by atoms with Gasteiger partial charge in [0, 0.05) is 33.2 Å². The minimum Gasteiger partial charge on any atom is -0.309 e. The molecule has 220 valence electrons. The van der Waals surface area contributed by atoms with E-state index in [2.05, 4.69) is 24.3 Å². The molecule has 7 aromatic carbocycles. The van der Waals surface area contributed by atoms with Gasteiger partial charge in [-0.3, -0.25) is 0 Å². The highest BCUT2D eigenvalue weighted by Gasteiger charge is 2.16. The zero-order valence-electron chi connectivity index (χ0n) is 33.0. The van der Waals surface area contributed by atoms with Crippen LogP contribution >= 0.6 is 0 Å². The molecule has 0 radical (unpaired) electrons. The molecule has 0 aliphatic carbocycles. The van der Waals surface area contributed by atoms with Crippen molar-refractivity contribution in [3.63, 3.8) is 0 Å². The zero-order valence-corrected chi connectivity index (χ0v) is 25.0. The van der Waals surface area contributed by atoms with Crippen molar-refractivity contribution in [3.05, 3.63) is 176 Å². The summed E-state index contributed by atoms with van der Waals surface area (Å²) in [6.07, 6.45) is 0. The van der Waals surface area contributed by atoms with Crippen LogP contribution in [0.4, 0.5) is 0 Å². The van der Waals surface area contributed by atoms with E-state index in [1.54, 1.807) is 0 Å². The van der Waals surface area contributed by atoms with Gasteiger partial charge in [0.05, 0.1) is 33.4 Å². The first-order valence-corrected chi connectivity index (χ1v) is 15.3. The summed E-state index contributed by atoms with van der Waals surface area (Å²) in [5.41, 5.74) is 6.94. The molecule has 0 unspecified atom stereocenters. The Kier molecular flexibility index (Phi) is 4.77. The smallest absolute Gasteiger partial charge is 0.160 e. The molecule has 3 nitrogen and oxygen atoms in total. The van der Waals surface area contributed by atoms with Gasteiger partial charge in [0.1, 0.15) is 0 Å². The Bertz CT molecular complexity index is 2870. The molecule has 0 aliphatic heterocycles. The number of para-hydroxylation sites is 2. The van der Waals surface area contributed by atoms with E-state index >= 15 is 0 Å². The van der Waals surface area contributed by atoms with Gasteiger partial charge < -0.3 is 4.57 Å². The Morgan fingerprint density at radius 2 is 0.957 bits per heavy atom. The van der Waals surface area contributed by atoms with Crippen LogP contribution in [0, 0.1) is 0 Å². The fraction of sp³-hybridized carbons (Fsp3) is 0. The minimum atomic E-state index is -0.468. The third-order valence-electron chi connectivity index (χ3n) is 8.50. The van der Waals surface area contributed by atoms with Crippen molar-refractivity contribution in [3.8, 4) is 50.7 Å². The molecule has 47 heavy (non-hydrogen) atoms. The lowest BCUT2D eigenvalue weighted by molar-refractivity contribution is 1.18. The molecule has 0 aliphatic rings. The monoisotopic (exact) mass is 607 g/mol. The number of hydrogen-bond acceptors (Lipinski definition) is 2. The second kappa shape index (κ2) is 11.2. The van der Waals surface area contributed by atoms with Gasteiger partial charge in [-0.05, 0) is 52.2 Å². The first-order valence-electron chi connectivity index (χ1n) is 19.3. The number of fused-ring (bicyclic) bond motifs is 4. The standard InChI is InChI=1S/C44H29N3/c1-3-13-31(14-4-1)40-29-41(46-44(45-40)32-15-5-2-6-16-32)37-28-27-34(35-17-7-8-18-36(35)37)30-23-25-33(26-24-30)47-42-21-11-9-19-38(42)39-20-10-12-22-43(39)47/h1-29H/i9D,10D,11D,12D,19D,20D,21D,22D. The van der Waals surface area contributed by atoms with Crippen LogP contribution in [0.2, 0.25) is 0 Å². The summed E-state index contributed by atoms with van der Waals surface area (Å²) in [5.74, 6) is 0.625. The van der Waals surface area contributed by atoms with Crippen molar-refractivity contribution in [2.75, 3.05) is 0 Å².